The zero-order chi connectivity index (χ0) is 23.9. The number of amides is 3. The lowest BCUT2D eigenvalue weighted by Gasteiger charge is -2.36. The van der Waals surface area contributed by atoms with Crippen LogP contribution >= 0.6 is 0 Å². The second-order valence-corrected chi connectivity index (χ2v) is 9.23. The first-order chi connectivity index (χ1) is 16.5. The van der Waals surface area contributed by atoms with Crippen LogP contribution < -0.4 is 10.6 Å². The topological polar surface area (TPSA) is 108 Å². The molecular weight excluding hydrogens is 434 g/mol. The first kappa shape index (κ1) is 22.6. The van der Waals surface area contributed by atoms with Crippen molar-refractivity contribution < 1.29 is 24.2 Å². The van der Waals surface area contributed by atoms with Crippen LogP contribution in [0.1, 0.15) is 30.0 Å². The lowest BCUT2D eigenvalue weighted by Crippen LogP contribution is -2.56. The van der Waals surface area contributed by atoms with Gasteiger partial charge in [-0.25, -0.2) is 0 Å². The van der Waals surface area contributed by atoms with Crippen LogP contribution in [0.25, 0.3) is 0 Å². The molecule has 0 saturated carbocycles. The molecule has 3 heterocycles. The summed E-state index contributed by atoms with van der Waals surface area (Å²) in [4.78, 5) is 41.9. The van der Waals surface area contributed by atoms with Crippen molar-refractivity contribution in [2.45, 2.75) is 43.2 Å². The third-order valence-corrected chi connectivity index (χ3v) is 7.54. The number of benzene rings is 2. The molecule has 5 rings (SSSR count). The molecule has 178 valence electrons. The molecule has 0 radical (unpaired) electrons. The maximum absolute atomic E-state index is 13.9. The molecule has 3 fully saturated rings. The van der Waals surface area contributed by atoms with Crippen LogP contribution in [0.4, 0.5) is 0 Å². The van der Waals surface area contributed by atoms with Gasteiger partial charge in [0.15, 0.2) is 0 Å². The predicted octanol–water partition coefficient (Wildman–Crippen LogP) is 1.16. The number of carbonyl (C=O) groups is 3. The summed E-state index contributed by atoms with van der Waals surface area (Å²) in [5, 5.41) is 16.0. The Hall–Kier alpha value is -3.23. The van der Waals surface area contributed by atoms with Gasteiger partial charge in [-0.1, -0.05) is 60.7 Å². The van der Waals surface area contributed by atoms with Gasteiger partial charge in [-0.15, -0.1) is 0 Å². The number of fused-ring (bicyclic) bond motifs is 1. The Bertz CT molecular complexity index is 1080. The molecule has 3 saturated heterocycles. The van der Waals surface area contributed by atoms with E-state index in [1.165, 1.54) is 4.90 Å². The van der Waals surface area contributed by atoms with Crippen LogP contribution in [0.2, 0.25) is 0 Å². The summed E-state index contributed by atoms with van der Waals surface area (Å²) < 4.78 is 6.37. The lowest BCUT2D eigenvalue weighted by molar-refractivity contribution is -0.145. The van der Waals surface area contributed by atoms with E-state index in [9.17, 15) is 19.5 Å². The Balaban J connectivity index is 1.54. The molecule has 6 atom stereocenters. The molecule has 3 N–H and O–H groups in total. The fourth-order valence-electron chi connectivity index (χ4n) is 6.10. The van der Waals surface area contributed by atoms with E-state index >= 15 is 0 Å². The Kier molecular flexibility index (Phi) is 5.87. The summed E-state index contributed by atoms with van der Waals surface area (Å²) in [6, 6.07) is 17.0. The lowest BCUT2D eigenvalue weighted by atomic mass is 9.70. The number of aliphatic hydroxyl groups excluding tert-OH is 1. The van der Waals surface area contributed by atoms with Gasteiger partial charge in [0.05, 0.1) is 30.6 Å². The van der Waals surface area contributed by atoms with Gasteiger partial charge in [0.2, 0.25) is 17.7 Å². The fourth-order valence-corrected chi connectivity index (χ4v) is 6.10. The van der Waals surface area contributed by atoms with Gasteiger partial charge in [-0.2, -0.15) is 0 Å². The quantitative estimate of drug-likeness (QED) is 0.571. The molecule has 2 unspecified atom stereocenters. The average Bonchev–Trinajstić information content (AvgIpc) is 3.52. The van der Waals surface area contributed by atoms with Gasteiger partial charge in [-0.05, 0) is 24.0 Å². The molecule has 3 aliphatic rings. The van der Waals surface area contributed by atoms with Crippen LogP contribution in [0.5, 0.6) is 0 Å². The third kappa shape index (κ3) is 3.40. The minimum Gasteiger partial charge on any atom is -0.394 e. The van der Waals surface area contributed by atoms with E-state index in [1.807, 2.05) is 60.7 Å². The van der Waals surface area contributed by atoms with E-state index in [1.54, 1.807) is 7.05 Å². The molecule has 2 bridgehead atoms. The molecule has 0 aromatic heterocycles. The van der Waals surface area contributed by atoms with Crippen molar-refractivity contribution in [2.24, 2.45) is 11.8 Å². The molecule has 34 heavy (non-hydrogen) atoms. The number of likely N-dealkylation sites (tertiary alicyclic amines) is 1. The van der Waals surface area contributed by atoms with Crippen molar-refractivity contribution in [3.05, 3.63) is 71.8 Å². The van der Waals surface area contributed by atoms with Crippen molar-refractivity contribution in [3.8, 4) is 0 Å². The van der Waals surface area contributed by atoms with Gasteiger partial charge in [0.25, 0.3) is 0 Å². The number of carbonyl (C=O) groups excluding carboxylic acids is 3. The first-order valence-corrected chi connectivity index (χ1v) is 11.7. The number of nitrogens with one attached hydrogen (secondary N) is 2. The largest absolute Gasteiger partial charge is 0.394 e. The predicted molar refractivity (Wildman–Crippen MR) is 123 cm³/mol. The second kappa shape index (κ2) is 8.85. The first-order valence-electron chi connectivity index (χ1n) is 11.7. The fraction of sp³-hybridized carbons (Fsp3) is 0.423. The van der Waals surface area contributed by atoms with Crippen molar-refractivity contribution >= 4 is 17.7 Å². The molecule has 3 aliphatic heterocycles. The van der Waals surface area contributed by atoms with Gasteiger partial charge < -0.3 is 25.4 Å². The Morgan fingerprint density at radius 2 is 1.79 bits per heavy atom. The third-order valence-electron chi connectivity index (χ3n) is 7.54. The normalized spacial score (nSPS) is 30.2. The van der Waals surface area contributed by atoms with E-state index in [0.717, 1.165) is 11.1 Å². The van der Waals surface area contributed by atoms with E-state index in [4.69, 9.17) is 4.74 Å². The van der Waals surface area contributed by atoms with Gasteiger partial charge in [-0.3, -0.25) is 14.4 Å². The summed E-state index contributed by atoms with van der Waals surface area (Å²) >= 11 is 0. The van der Waals surface area contributed by atoms with Crippen LogP contribution in [0.3, 0.4) is 0 Å². The van der Waals surface area contributed by atoms with E-state index < -0.39 is 35.6 Å². The van der Waals surface area contributed by atoms with E-state index in [-0.39, 0.29) is 24.3 Å². The molecule has 0 aliphatic carbocycles. The minimum atomic E-state index is -1.10. The highest BCUT2D eigenvalue weighted by Gasteiger charge is 2.75. The number of rotatable bonds is 7. The average molecular weight is 464 g/mol. The smallest absolute Gasteiger partial charge is 0.246 e. The Morgan fingerprint density at radius 1 is 1.12 bits per heavy atom. The van der Waals surface area contributed by atoms with Crippen molar-refractivity contribution in [2.75, 3.05) is 13.7 Å². The Morgan fingerprint density at radius 3 is 2.44 bits per heavy atom. The van der Waals surface area contributed by atoms with Crippen LogP contribution in [-0.4, -0.2) is 59.1 Å². The molecule has 2 aromatic rings. The van der Waals surface area contributed by atoms with Gasteiger partial charge >= 0.3 is 0 Å². The van der Waals surface area contributed by atoms with Gasteiger partial charge in [0.1, 0.15) is 11.6 Å². The molecule has 3 amide bonds. The molecule has 8 nitrogen and oxygen atoms in total. The number of hydrogen-bond donors (Lipinski definition) is 3. The van der Waals surface area contributed by atoms with Crippen molar-refractivity contribution in [3.63, 3.8) is 0 Å². The highest BCUT2D eigenvalue weighted by molar-refractivity contribution is 5.99. The van der Waals surface area contributed by atoms with E-state index in [0.29, 0.717) is 19.4 Å². The number of hydrogen-bond acceptors (Lipinski definition) is 5. The summed E-state index contributed by atoms with van der Waals surface area (Å²) in [7, 11) is 1.54. The molecule has 8 heteroatoms. The molecule has 2 aromatic carbocycles. The maximum Gasteiger partial charge on any atom is 0.246 e. The minimum absolute atomic E-state index is 0.254. The molecular formula is C26H29N3O5. The van der Waals surface area contributed by atoms with Crippen molar-refractivity contribution in [1.82, 2.24) is 15.5 Å². The van der Waals surface area contributed by atoms with Crippen LogP contribution in [0.15, 0.2) is 60.7 Å². The van der Waals surface area contributed by atoms with Crippen molar-refractivity contribution in [1.29, 1.82) is 0 Å². The summed E-state index contributed by atoms with van der Waals surface area (Å²) in [5.74, 6) is -2.34. The summed E-state index contributed by atoms with van der Waals surface area (Å²) in [6.45, 7) is -0.0501. The number of ether oxygens (including phenoxy) is 1. The van der Waals surface area contributed by atoms with Crippen LogP contribution in [-0.2, 0) is 25.7 Å². The van der Waals surface area contributed by atoms with Gasteiger partial charge in [0, 0.05) is 13.6 Å². The maximum atomic E-state index is 13.9. The highest BCUT2D eigenvalue weighted by atomic mass is 16.5. The van der Waals surface area contributed by atoms with E-state index in [2.05, 4.69) is 10.6 Å². The summed E-state index contributed by atoms with van der Waals surface area (Å²) in [6.07, 6.45) is 0.714. The summed E-state index contributed by atoms with van der Waals surface area (Å²) in [5.41, 5.74) is 0.561. The standard InChI is InChI=1S/C26H29N3O5/c1-27-23(31)20-19-12-13-26(34-19)21(20)25(33)29(18(15-30)17-10-6-3-7-11-17)22(26)24(32)28-14-16-8-4-2-5-9-16/h2-11,18-22,30H,12-15H2,1H3,(H,27,31)(H,28,32)/t18-,19-,20+,21+,22?,26?/m1/s1. The number of nitrogens with zero attached hydrogens (tertiary/aromatic N) is 1. The zero-order valence-corrected chi connectivity index (χ0v) is 19.0. The molecule has 1 spiro atoms. The Labute approximate surface area is 198 Å². The highest BCUT2D eigenvalue weighted by Crippen LogP contribution is 2.59. The monoisotopic (exact) mass is 463 g/mol. The zero-order valence-electron chi connectivity index (χ0n) is 19.0. The second-order valence-electron chi connectivity index (χ2n) is 9.23. The SMILES string of the molecule is CNC(=O)[C@@H]1[C@H]2C(=O)N([C@H](CO)c3ccccc3)C(C(=O)NCc3ccccc3)C23CC[C@H]1O3. The number of aliphatic hydroxyl groups is 1. The van der Waals surface area contributed by atoms with Crippen LogP contribution in [0, 0.1) is 11.8 Å².